The third-order valence-corrected chi connectivity index (χ3v) is 4.26. The zero-order valence-electron chi connectivity index (χ0n) is 15.4. The minimum Gasteiger partial charge on any atom is -0.353 e. The quantitative estimate of drug-likeness (QED) is 0.705. The number of rotatable bonds is 6. The molecule has 0 bridgehead atoms. The van der Waals surface area contributed by atoms with Crippen LogP contribution in [0.1, 0.15) is 23.9 Å². The number of carbonyl (C=O) groups is 1. The molecule has 0 aliphatic rings. The molecule has 1 aromatic carbocycles. The van der Waals surface area contributed by atoms with Gasteiger partial charge in [0.2, 0.25) is 5.91 Å². The van der Waals surface area contributed by atoms with Gasteiger partial charge in [0, 0.05) is 41.2 Å². The summed E-state index contributed by atoms with van der Waals surface area (Å²) in [6, 6.07) is 15.0. The van der Waals surface area contributed by atoms with Crippen molar-refractivity contribution in [2.24, 2.45) is 0 Å². The lowest BCUT2D eigenvalue weighted by atomic mass is 10.1. The Hall–Kier alpha value is -3.28. The fraction of sp³-hybridized carbons (Fsp3) is 0.238. The number of H-pyrrole nitrogens is 1. The van der Waals surface area contributed by atoms with Gasteiger partial charge in [0.25, 0.3) is 5.56 Å². The average Bonchev–Trinajstić information content (AvgIpc) is 2.66. The standard InChI is InChI=1S/C21H22N4O2/c1-14(12-17-10-6-7-11-22-17)23-19(26)13-18-15(2)24-20(25-21(18)27)16-8-4-3-5-9-16/h3-11,14H,12-13H2,1-2H3,(H,23,26)(H,24,25,27)/t14-/m0/s1. The molecule has 138 valence electrons. The monoisotopic (exact) mass is 362 g/mol. The summed E-state index contributed by atoms with van der Waals surface area (Å²) in [4.78, 5) is 36.3. The van der Waals surface area contributed by atoms with E-state index in [4.69, 9.17) is 0 Å². The third-order valence-electron chi connectivity index (χ3n) is 4.26. The second-order valence-corrected chi connectivity index (χ2v) is 6.52. The molecule has 0 spiro atoms. The number of aromatic nitrogens is 3. The van der Waals surface area contributed by atoms with E-state index in [0.717, 1.165) is 11.3 Å². The van der Waals surface area contributed by atoms with E-state index in [1.165, 1.54) is 0 Å². The van der Waals surface area contributed by atoms with E-state index in [9.17, 15) is 9.59 Å². The van der Waals surface area contributed by atoms with Gasteiger partial charge in [-0.05, 0) is 26.0 Å². The van der Waals surface area contributed by atoms with Gasteiger partial charge < -0.3 is 10.3 Å². The molecule has 2 heterocycles. The first-order valence-corrected chi connectivity index (χ1v) is 8.87. The van der Waals surface area contributed by atoms with Crippen LogP contribution in [0, 0.1) is 6.92 Å². The molecule has 1 amide bonds. The predicted molar refractivity (Wildman–Crippen MR) is 104 cm³/mol. The smallest absolute Gasteiger partial charge is 0.255 e. The van der Waals surface area contributed by atoms with Crippen LogP contribution in [-0.2, 0) is 17.6 Å². The first-order valence-electron chi connectivity index (χ1n) is 8.87. The van der Waals surface area contributed by atoms with Gasteiger partial charge in [0.15, 0.2) is 0 Å². The van der Waals surface area contributed by atoms with Crippen LogP contribution in [0.5, 0.6) is 0 Å². The second kappa shape index (κ2) is 8.40. The van der Waals surface area contributed by atoms with Crippen molar-refractivity contribution in [2.45, 2.75) is 32.7 Å². The molecule has 6 nitrogen and oxygen atoms in total. The number of carbonyl (C=O) groups excluding carboxylic acids is 1. The SMILES string of the molecule is Cc1nc(-c2ccccc2)[nH]c(=O)c1CC(=O)N[C@@H](C)Cc1ccccn1. The van der Waals surface area contributed by atoms with Crippen molar-refractivity contribution >= 4 is 5.91 Å². The Kier molecular flexibility index (Phi) is 5.76. The molecule has 0 radical (unpaired) electrons. The van der Waals surface area contributed by atoms with E-state index in [1.54, 1.807) is 13.1 Å². The van der Waals surface area contributed by atoms with Crippen molar-refractivity contribution in [3.05, 3.63) is 82.0 Å². The van der Waals surface area contributed by atoms with E-state index in [0.29, 0.717) is 23.5 Å². The number of hydrogen-bond acceptors (Lipinski definition) is 4. The van der Waals surface area contributed by atoms with Crippen LogP contribution in [-0.4, -0.2) is 26.9 Å². The lowest BCUT2D eigenvalue weighted by molar-refractivity contribution is -0.121. The van der Waals surface area contributed by atoms with Crippen LogP contribution >= 0.6 is 0 Å². The summed E-state index contributed by atoms with van der Waals surface area (Å²) in [7, 11) is 0. The Morgan fingerprint density at radius 3 is 2.56 bits per heavy atom. The topological polar surface area (TPSA) is 87.7 Å². The van der Waals surface area contributed by atoms with Crippen molar-refractivity contribution in [1.29, 1.82) is 0 Å². The van der Waals surface area contributed by atoms with Gasteiger partial charge in [-0.15, -0.1) is 0 Å². The molecule has 0 unspecified atom stereocenters. The number of aryl methyl sites for hydroxylation is 1. The number of amides is 1. The maximum atomic E-state index is 12.5. The highest BCUT2D eigenvalue weighted by atomic mass is 16.2. The van der Waals surface area contributed by atoms with Gasteiger partial charge in [0.05, 0.1) is 6.42 Å². The molecule has 2 aromatic heterocycles. The number of nitrogens with one attached hydrogen (secondary N) is 2. The fourth-order valence-corrected chi connectivity index (χ4v) is 2.92. The maximum absolute atomic E-state index is 12.5. The van der Waals surface area contributed by atoms with Crippen molar-refractivity contribution in [2.75, 3.05) is 0 Å². The van der Waals surface area contributed by atoms with Crippen molar-refractivity contribution in [1.82, 2.24) is 20.3 Å². The molecule has 0 aliphatic carbocycles. The van der Waals surface area contributed by atoms with Crippen LogP contribution in [0.25, 0.3) is 11.4 Å². The van der Waals surface area contributed by atoms with Crippen molar-refractivity contribution < 1.29 is 4.79 Å². The van der Waals surface area contributed by atoms with Gasteiger partial charge in [-0.25, -0.2) is 4.98 Å². The molecule has 2 N–H and O–H groups in total. The molecule has 0 saturated heterocycles. The average molecular weight is 362 g/mol. The highest BCUT2D eigenvalue weighted by Crippen LogP contribution is 2.14. The Morgan fingerprint density at radius 1 is 1.15 bits per heavy atom. The van der Waals surface area contributed by atoms with E-state index in [-0.39, 0.29) is 23.9 Å². The lowest BCUT2D eigenvalue weighted by Gasteiger charge is -2.14. The van der Waals surface area contributed by atoms with Crippen molar-refractivity contribution in [3.8, 4) is 11.4 Å². The minimum atomic E-state index is -0.283. The van der Waals surface area contributed by atoms with Gasteiger partial charge in [0.1, 0.15) is 5.82 Å². The Balaban J connectivity index is 1.68. The largest absolute Gasteiger partial charge is 0.353 e. The normalized spacial score (nSPS) is 11.8. The molecule has 1 atom stereocenters. The van der Waals surface area contributed by atoms with Crippen molar-refractivity contribution in [3.63, 3.8) is 0 Å². The number of nitrogens with zero attached hydrogens (tertiary/aromatic N) is 2. The number of hydrogen-bond donors (Lipinski definition) is 2. The fourth-order valence-electron chi connectivity index (χ4n) is 2.92. The Morgan fingerprint density at radius 2 is 1.89 bits per heavy atom. The van der Waals surface area contributed by atoms with Gasteiger partial charge in [-0.1, -0.05) is 36.4 Å². The third kappa shape index (κ3) is 4.88. The van der Waals surface area contributed by atoms with Crippen LogP contribution in [0.2, 0.25) is 0 Å². The zero-order valence-corrected chi connectivity index (χ0v) is 15.4. The summed E-state index contributed by atoms with van der Waals surface area (Å²) in [5.74, 6) is 0.298. The number of aromatic amines is 1. The summed E-state index contributed by atoms with van der Waals surface area (Å²) in [5.41, 5.74) is 2.40. The summed E-state index contributed by atoms with van der Waals surface area (Å²) in [6.45, 7) is 3.67. The molecule has 3 aromatic rings. The first-order chi connectivity index (χ1) is 13.0. The molecular formula is C21H22N4O2. The molecular weight excluding hydrogens is 340 g/mol. The summed E-state index contributed by atoms with van der Waals surface area (Å²) in [6.07, 6.45) is 2.36. The number of benzene rings is 1. The van der Waals surface area contributed by atoms with E-state index in [1.807, 2.05) is 55.5 Å². The molecule has 0 fully saturated rings. The van der Waals surface area contributed by atoms with E-state index < -0.39 is 0 Å². The van der Waals surface area contributed by atoms with Crippen LogP contribution in [0.4, 0.5) is 0 Å². The lowest BCUT2D eigenvalue weighted by Crippen LogP contribution is -2.36. The summed E-state index contributed by atoms with van der Waals surface area (Å²) >= 11 is 0. The number of pyridine rings is 1. The molecule has 6 heteroatoms. The predicted octanol–water partition coefficient (Wildman–Crippen LogP) is 2.43. The van der Waals surface area contributed by atoms with Crippen LogP contribution < -0.4 is 10.9 Å². The first kappa shape index (κ1) is 18.5. The maximum Gasteiger partial charge on any atom is 0.255 e. The van der Waals surface area contributed by atoms with E-state index >= 15 is 0 Å². The highest BCUT2D eigenvalue weighted by Gasteiger charge is 2.15. The second-order valence-electron chi connectivity index (χ2n) is 6.52. The molecule has 0 aliphatic heterocycles. The van der Waals surface area contributed by atoms with Gasteiger partial charge in [-0.2, -0.15) is 0 Å². The van der Waals surface area contributed by atoms with Gasteiger partial charge in [-0.3, -0.25) is 14.6 Å². The van der Waals surface area contributed by atoms with Crippen LogP contribution in [0.3, 0.4) is 0 Å². The van der Waals surface area contributed by atoms with Gasteiger partial charge >= 0.3 is 0 Å². The Labute approximate surface area is 157 Å². The molecule has 27 heavy (non-hydrogen) atoms. The van der Waals surface area contributed by atoms with Crippen LogP contribution in [0.15, 0.2) is 59.5 Å². The zero-order chi connectivity index (χ0) is 19.2. The summed E-state index contributed by atoms with van der Waals surface area (Å²) < 4.78 is 0. The summed E-state index contributed by atoms with van der Waals surface area (Å²) in [5, 5.41) is 2.92. The Bertz CT molecular complexity index is 968. The molecule has 0 saturated carbocycles. The minimum absolute atomic E-state index is 0.00417. The highest BCUT2D eigenvalue weighted by molar-refractivity contribution is 5.79. The van der Waals surface area contributed by atoms with E-state index in [2.05, 4.69) is 20.3 Å². The molecule has 3 rings (SSSR count).